The molecular weight excluding hydrogens is 419 g/mol. The number of alkyl halides is 3. The fourth-order valence-corrected chi connectivity index (χ4v) is 3.99. The summed E-state index contributed by atoms with van der Waals surface area (Å²) in [7, 11) is -1.34. The summed E-state index contributed by atoms with van der Waals surface area (Å²) in [6.07, 6.45) is -2.96. The average molecular weight is 448 g/mol. The molecule has 3 rings (SSSR count). The van der Waals surface area contributed by atoms with E-state index in [1.807, 2.05) is 31.2 Å². The highest BCUT2D eigenvalue weighted by atomic mass is 28.3. The number of aromatic nitrogens is 3. The first kappa shape index (κ1) is 23.2. The van der Waals surface area contributed by atoms with E-state index in [2.05, 4.69) is 29.6 Å². The number of aryl methyl sites for hydroxylation is 2. The Morgan fingerprint density at radius 2 is 1.61 bits per heavy atom. The first-order valence-corrected chi connectivity index (χ1v) is 13.9. The van der Waals surface area contributed by atoms with Gasteiger partial charge in [0.25, 0.3) is 0 Å². The summed E-state index contributed by atoms with van der Waals surface area (Å²) < 4.78 is 48.0. The third-order valence-corrected chi connectivity index (χ3v) is 6.70. The Bertz CT molecular complexity index is 1020. The van der Waals surface area contributed by atoms with Gasteiger partial charge in [-0.3, -0.25) is 9.55 Å². The van der Waals surface area contributed by atoms with Gasteiger partial charge in [-0.1, -0.05) is 49.5 Å². The summed E-state index contributed by atoms with van der Waals surface area (Å²) in [6, 6.07) is 12.4. The molecule has 2 aromatic heterocycles. The van der Waals surface area contributed by atoms with Gasteiger partial charge >= 0.3 is 6.18 Å². The zero-order valence-corrected chi connectivity index (χ0v) is 19.5. The van der Waals surface area contributed by atoms with Crippen molar-refractivity contribution in [2.45, 2.75) is 52.4 Å². The smallest absolute Gasteiger partial charge is 0.361 e. The number of benzene rings is 1. The Balaban J connectivity index is 1.91. The molecule has 0 bridgehead atoms. The van der Waals surface area contributed by atoms with Crippen LogP contribution in [0.2, 0.25) is 25.7 Å². The number of rotatable bonds is 7. The van der Waals surface area contributed by atoms with Gasteiger partial charge in [-0.25, -0.2) is 4.98 Å². The van der Waals surface area contributed by atoms with Crippen LogP contribution in [0.3, 0.4) is 0 Å². The Labute approximate surface area is 182 Å². The Morgan fingerprint density at radius 1 is 0.968 bits per heavy atom. The fourth-order valence-electron chi connectivity index (χ4n) is 3.23. The maximum absolute atomic E-state index is 13.7. The number of hydrogen-bond acceptors (Lipinski definition) is 3. The maximum Gasteiger partial charge on any atom is 0.433 e. The third kappa shape index (κ3) is 5.83. The second-order valence-corrected chi connectivity index (χ2v) is 14.6. The largest absolute Gasteiger partial charge is 0.433 e. The predicted molar refractivity (Wildman–Crippen MR) is 119 cm³/mol. The molecule has 3 aromatic rings. The third-order valence-electron chi connectivity index (χ3n) is 5.00. The van der Waals surface area contributed by atoms with E-state index in [9.17, 15) is 13.2 Å². The van der Waals surface area contributed by atoms with Crippen LogP contribution in [0.15, 0.2) is 42.6 Å². The van der Waals surface area contributed by atoms with Gasteiger partial charge in [0.15, 0.2) is 0 Å². The lowest BCUT2D eigenvalue weighted by Gasteiger charge is -2.18. The van der Waals surface area contributed by atoms with E-state index in [1.165, 1.54) is 6.92 Å². The summed E-state index contributed by atoms with van der Waals surface area (Å²) in [5.41, 5.74) is 2.51. The molecule has 166 valence electrons. The van der Waals surface area contributed by atoms with Crippen LogP contribution in [0.5, 0.6) is 0 Å². The SMILES string of the molecule is Cc1ccc(-c2ccc(-c3nc(C)c(C(F)(F)F)n3COCC[Si](C)(C)C)cn2)cc1. The van der Waals surface area contributed by atoms with E-state index in [-0.39, 0.29) is 18.2 Å². The Hall–Kier alpha value is -2.45. The summed E-state index contributed by atoms with van der Waals surface area (Å²) in [5, 5.41) is 0. The number of ether oxygens (including phenoxy) is 1. The molecule has 0 saturated heterocycles. The van der Waals surface area contributed by atoms with E-state index in [4.69, 9.17) is 4.74 Å². The number of imidazole rings is 1. The van der Waals surface area contributed by atoms with Gasteiger partial charge in [0.1, 0.15) is 18.2 Å². The van der Waals surface area contributed by atoms with Gasteiger partial charge in [0.05, 0.1) is 11.4 Å². The lowest BCUT2D eigenvalue weighted by Crippen LogP contribution is -2.23. The van der Waals surface area contributed by atoms with E-state index < -0.39 is 19.9 Å². The van der Waals surface area contributed by atoms with Crippen molar-refractivity contribution in [3.8, 4) is 22.6 Å². The van der Waals surface area contributed by atoms with Gasteiger partial charge in [-0.05, 0) is 32.0 Å². The van der Waals surface area contributed by atoms with Crippen molar-refractivity contribution < 1.29 is 17.9 Å². The molecule has 0 aliphatic rings. The molecule has 0 amide bonds. The summed E-state index contributed by atoms with van der Waals surface area (Å²) in [6.45, 7) is 10.2. The van der Waals surface area contributed by atoms with Gasteiger partial charge in [-0.15, -0.1) is 0 Å². The molecule has 0 N–H and O–H groups in total. The van der Waals surface area contributed by atoms with Crippen molar-refractivity contribution in [3.63, 3.8) is 0 Å². The van der Waals surface area contributed by atoms with E-state index in [1.54, 1.807) is 18.3 Å². The van der Waals surface area contributed by atoms with E-state index in [0.29, 0.717) is 12.2 Å². The Kier molecular flexibility index (Phi) is 6.71. The van der Waals surface area contributed by atoms with Crippen molar-refractivity contribution in [3.05, 3.63) is 59.5 Å². The highest BCUT2D eigenvalue weighted by Crippen LogP contribution is 2.35. The van der Waals surface area contributed by atoms with Crippen LogP contribution in [0.4, 0.5) is 13.2 Å². The van der Waals surface area contributed by atoms with Crippen molar-refractivity contribution in [1.29, 1.82) is 0 Å². The maximum atomic E-state index is 13.7. The molecule has 4 nitrogen and oxygen atoms in total. The first-order chi connectivity index (χ1) is 14.5. The molecule has 0 saturated carbocycles. The van der Waals surface area contributed by atoms with Crippen molar-refractivity contribution in [2.24, 2.45) is 0 Å². The van der Waals surface area contributed by atoms with Crippen LogP contribution in [0.1, 0.15) is 17.0 Å². The number of halogens is 3. The second-order valence-electron chi connectivity index (χ2n) is 8.94. The number of hydrogen-bond donors (Lipinski definition) is 0. The summed E-state index contributed by atoms with van der Waals surface area (Å²) >= 11 is 0. The molecule has 0 unspecified atom stereocenters. The Morgan fingerprint density at radius 3 is 2.16 bits per heavy atom. The second kappa shape index (κ2) is 8.96. The molecular formula is C23H28F3N3OSi. The normalized spacial score (nSPS) is 12.4. The minimum Gasteiger partial charge on any atom is -0.361 e. The van der Waals surface area contributed by atoms with Crippen molar-refractivity contribution >= 4 is 8.07 Å². The fraction of sp³-hybridized carbons (Fsp3) is 0.391. The zero-order valence-electron chi connectivity index (χ0n) is 18.5. The minimum absolute atomic E-state index is 0.0705. The van der Waals surface area contributed by atoms with Crippen LogP contribution >= 0.6 is 0 Å². The van der Waals surface area contributed by atoms with Gasteiger partial charge in [-0.2, -0.15) is 13.2 Å². The van der Waals surface area contributed by atoms with Crippen LogP contribution in [-0.2, 0) is 17.6 Å². The molecule has 0 radical (unpaired) electrons. The van der Waals surface area contributed by atoms with E-state index in [0.717, 1.165) is 27.4 Å². The van der Waals surface area contributed by atoms with Gasteiger partial charge in [0, 0.05) is 32.0 Å². The van der Waals surface area contributed by atoms with Crippen LogP contribution in [-0.4, -0.2) is 29.2 Å². The van der Waals surface area contributed by atoms with Crippen LogP contribution in [0, 0.1) is 13.8 Å². The first-order valence-electron chi connectivity index (χ1n) is 10.2. The average Bonchev–Trinajstić information content (AvgIpc) is 3.02. The molecule has 0 fully saturated rings. The van der Waals surface area contributed by atoms with Crippen molar-refractivity contribution in [1.82, 2.24) is 14.5 Å². The van der Waals surface area contributed by atoms with Gasteiger partial charge in [0.2, 0.25) is 0 Å². The lowest BCUT2D eigenvalue weighted by molar-refractivity contribution is -0.146. The van der Waals surface area contributed by atoms with Crippen molar-refractivity contribution in [2.75, 3.05) is 6.61 Å². The molecule has 0 atom stereocenters. The zero-order chi connectivity index (χ0) is 22.8. The molecule has 31 heavy (non-hydrogen) atoms. The van der Waals surface area contributed by atoms with E-state index >= 15 is 0 Å². The topological polar surface area (TPSA) is 39.9 Å². The summed E-state index contributed by atoms with van der Waals surface area (Å²) in [4.78, 5) is 8.68. The highest BCUT2D eigenvalue weighted by molar-refractivity contribution is 6.76. The number of pyridine rings is 1. The monoisotopic (exact) mass is 447 g/mol. The quantitative estimate of drug-likeness (QED) is 0.304. The van der Waals surface area contributed by atoms with Crippen LogP contribution < -0.4 is 0 Å². The van der Waals surface area contributed by atoms with Crippen LogP contribution in [0.25, 0.3) is 22.6 Å². The lowest BCUT2D eigenvalue weighted by atomic mass is 10.1. The van der Waals surface area contributed by atoms with Gasteiger partial charge < -0.3 is 4.74 Å². The highest BCUT2D eigenvalue weighted by Gasteiger charge is 2.38. The minimum atomic E-state index is -4.52. The predicted octanol–water partition coefficient (Wildman–Crippen LogP) is 6.56. The molecule has 2 heterocycles. The molecule has 1 aromatic carbocycles. The molecule has 0 aliphatic carbocycles. The number of nitrogens with zero attached hydrogens (tertiary/aromatic N) is 3. The summed E-state index contributed by atoms with van der Waals surface area (Å²) in [5.74, 6) is 0.209. The molecule has 0 aliphatic heterocycles. The standard InChI is InChI=1S/C23H28F3N3OSi/c1-16-6-8-18(9-7-16)20-11-10-19(14-27-20)22-28-17(2)21(23(24,25)26)29(22)15-30-12-13-31(3,4)5/h6-11,14H,12-13,15H2,1-5H3. The molecule has 0 spiro atoms. The molecule has 8 heteroatoms.